The van der Waals surface area contributed by atoms with Crippen LogP contribution in [0.4, 0.5) is 8.78 Å². The molecule has 0 amide bonds. The molecule has 0 aliphatic heterocycles. The van der Waals surface area contributed by atoms with Crippen molar-refractivity contribution in [3.8, 4) is 0 Å². The van der Waals surface area contributed by atoms with Gasteiger partial charge in [0.05, 0.1) is 9.49 Å². The standard InChI is InChI=1S/C12H24F2O2S/c1-5-7-11(3,9-13)17(15,16)12(4,10-14)8-6-2/h5-10H2,1-4H3. The molecule has 17 heavy (non-hydrogen) atoms. The average molecular weight is 270 g/mol. The lowest BCUT2D eigenvalue weighted by Crippen LogP contribution is -2.51. The molecule has 5 heteroatoms. The van der Waals surface area contributed by atoms with Crippen LogP contribution in [0.15, 0.2) is 0 Å². The van der Waals surface area contributed by atoms with E-state index in [9.17, 15) is 17.2 Å². The van der Waals surface area contributed by atoms with Gasteiger partial charge in [-0.1, -0.05) is 26.7 Å². The highest BCUT2D eigenvalue weighted by molar-refractivity contribution is 7.94. The van der Waals surface area contributed by atoms with E-state index in [2.05, 4.69) is 0 Å². The van der Waals surface area contributed by atoms with Gasteiger partial charge >= 0.3 is 0 Å². The fourth-order valence-corrected chi connectivity index (χ4v) is 4.62. The fourth-order valence-electron chi connectivity index (χ4n) is 2.20. The van der Waals surface area contributed by atoms with Gasteiger partial charge in [-0.25, -0.2) is 17.2 Å². The van der Waals surface area contributed by atoms with E-state index in [1.807, 2.05) is 0 Å². The van der Waals surface area contributed by atoms with Gasteiger partial charge in [0.15, 0.2) is 9.84 Å². The molecule has 0 fully saturated rings. The van der Waals surface area contributed by atoms with Gasteiger partial charge in [-0.05, 0) is 26.7 Å². The van der Waals surface area contributed by atoms with Gasteiger partial charge in [-0.15, -0.1) is 0 Å². The molecule has 0 aromatic rings. The Morgan fingerprint density at radius 1 is 0.882 bits per heavy atom. The molecule has 0 aliphatic carbocycles. The van der Waals surface area contributed by atoms with Crippen LogP contribution < -0.4 is 0 Å². The Kier molecular flexibility index (Phi) is 6.05. The van der Waals surface area contributed by atoms with Gasteiger partial charge < -0.3 is 0 Å². The summed E-state index contributed by atoms with van der Waals surface area (Å²) in [6.45, 7) is 4.46. The SMILES string of the molecule is CCCC(C)(CF)S(=O)(=O)C(C)(CF)CCC. The van der Waals surface area contributed by atoms with E-state index < -0.39 is 32.7 Å². The molecular weight excluding hydrogens is 246 g/mol. The van der Waals surface area contributed by atoms with Crippen LogP contribution in [0.2, 0.25) is 0 Å². The zero-order chi connectivity index (χ0) is 13.7. The number of halogens is 2. The zero-order valence-electron chi connectivity index (χ0n) is 11.2. The van der Waals surface area contributed by atoms with Crippen molar-refractivity contribution >= 4 is 9.84 Å². The lowest BCUT2D eigenvalue weighted by Gasteiger charge is -2.36. The van der Waals surface area contributed by atoms with Crippen LogP contribution in [-0.4, -0.2) is 31.3 Å². The highest BCUT2D eigenvalue weighted by Crippen LogP contribution is 2.36. The average Bonchev–Trinajstić information content (AvgIpc) is 2.28. The highest BCUT2D eigenvalue weighted by atomic mass is 32.2. The van der Waals surface area contributed by atoms with Gasteiger partial charge in [0.1, 0.15) is 13.3 Å². The first kappa shape index (κ1) is 16.8. The van der Waals surface area contributed by atoms with Crippen molar-refractivity contribution < 1.29 is 17.2 Å². The molecule has 0 saturated carbocycles. The quantitative estimate of drug-likeness (QED) is 0.677. The number of rotatable bonds is 8. The van der Waals surface area contributed by atoms with Crippen molar-refractivity contribution in [2.45, 2.75) is 62.9 Å². The predicted octanol–water partition coefficient (Wildman–Crippen LogP) is 3.46. The largest absolute Gasteiger partial charge is 0.249 e. The van der Waals surface area contributed by atoms with Crippen molar-refractivity contribution in [2.24, 2.45) is 0 Å². The third-order valence-electron chi connectivity index (χ3n) is 3.42. The first-order valence-corrected chi connectivity index (χ1v) is 7.59. The molecule has 0 aromatic heterocycles. The topological polar surface area (TPSA) is 34.1 Å². The molecule has 0 radical (unpaired) electrons. The number of alkyl halides is 2. The third-order valence-corrected chi connectivity index (χ3v) is 6.64. The summed E-state index contributed by atoms with van der Waals surface area (Å²) in [5.74, 6) is 0. The highest BCUT2D eigenvalue weighted by Gasteiger charge is 2.50. The zero-order valence-corrected chi connectivity index (χ0v) is 12.0. The number of sulfone groups is 1. The van der Waals surface area contributed by atoms with Crippen molar-refractivity contribution in [3.63, 3.8) is 0 Å². The molecule has 2 unspecified atom stereocenters. The van der Waals surface area contributed by atoms with Crippen LogP contribution in [-0.2, 0) is 9.84 Å². The van der Waals surface area contributed by atoms with Crippen LogP contribution in [0.5, 0.6) is 0 Å². The maximum Gasteiger partial charge on any atom is 0.166 e. The Balaban J connectivity index is 5.48. The van der Waals surface area contributed by atoms with Crippen LogP contribution in [0.3, 0.4) is 0 Å². The number of hydrogen-bond donors (Lipinski definition) is 0. The molecule has 0 N–H and O–H groups in total. The molecular formula is C12H24F2O2S. The van der Waals surface area contributed by atoms with E-state index in [1.165, 1.54) is 13.8 Å². The van der Waals surface area contributed by atoms with Crippen molar-refractivity contribution in [1.82, 2.24) is 0 Å². The number of hydrogen-bond acceptors (Lipinski definition) is 2. The molecule has 0 spiro atoms. The van der Waals surface area contributed by atoms with Crippen molar-refractivity contribution in [3.05, 3.63) is 0 Å². The van der Waals surface area contributed by atoms with Gasteiger partial charge in [0.25, 0.3) is 0 Å². The normalized spacial score (nSPS) is 19.6. The summed E-state index contributed by atoms with van der Waals surface area (Å²) in [4.78, 5) is 0. The molecule has 2 nitrogen and oxygen atoms in total. The minimum absolute atomic E-state index is 0.227. The van der Waals surface area contributed by atoms with E-state index in [4.69, 9.17) is 0 Å². The van der Waals surface area contributed by atoms with E-state index in [-0.39, 0.29) is 12.8 Å². The van der Waals surface area contributed by atoms with Crippen molar-refractivity contribution in [2.75, 3.05) is 13.3 Å². The molecule has 104 valence electrons. The van der Waals surface area contributed by atoms with Crippen LogP contribution in [0, 0.1) is 0 Å². The second-order valence-electron chi connectivity index (χ2n) is 5.17. The Labute approximate surface area is 104 Å². The summed E-state index contributed by atoms with van der Waals surface area (Å²) >= 11 is 0. The second kappa shape index (κ2) is 6.12. The minimum Gasteiger partial charge on any atom is -0.249 e. The molecule has 0 rings (SSSR count). The van der Waals surface area contributed by atoms with Crippen LogP contribution in [0.25, 0.3) is 0 Å². The first-order valence-electron chi connectivity index (χ1n) is 6.10. The monoisotopic (exact) mass is 270 g/mol. The Morgan fingerprint density at radius 2 is 1.18 bits per heavy atom. The Morgan fingerprint density at radius 3 is 1.35 bits per heavy atom. The maximum absolute atomic E-state index is 13.1. The summed E-state index contributed by atoms with van der Waals surface area (Å²) in [6, 6.07) is 0. The molecule has 0 saturated heterocycles. The Hall–Kier alpha value is -0.190. The smallest absolute Gasteiger partial charge is 0.166 e. The van der Waals surface area contributed by atoms with Crippen LogP contribution in [0.1, 0.15) is 53.4 Å². The van der Waals surface area contributed by atoms with Gasteiger partial charge in [0.2, 0.25) is 0 Å². The van der Waals surface area contributed by atoms with E-state index in [1.54, 1.807) is 13.8 Å². The molecule has 0 aliphatic rings. The van der Waals surface area contributed by atoms with E-state index >= 15 is 0 Å². The van der Waals surface area contributed by atoms with Crippen molar-refractivity contribution in [1.29, 1.82) is 0 Å². The van der Waals surface area contributed by atoms with Gasteiger partial charge in [0, 0.05) is 0 Å². The molecule has 0 aromatic carbocycles. The van der Waals surface area contributed by atoms with Crippen LogP contribution >= 0.6 is 0 Å². The summed E-state index contributed by atoms with van der Waals surface area (Å²) in [6.07, 6.45) is 1.58. The molecule has 2 atom stereocenters. The lowest BCUT2D eigenvalue weighted by molar-refractivity contribution is 0.335. The maximum atomic E-state index is 13.1. The first-order chi connectivity index (χ1) is 7.74. The second-order valence-corrected chi connectivity index (χ2v) is 8.15. The van der Waals surface area contributed by atoms with E-state index in [0.717, 1.165) is 0 Å². The predicted molar refractivity (Wildman–Crippen MR) is 67.5 cm³/mol. The summed E-state index contributed by atoms with van der Waals surface area (Å²) in [5.41, 5.74) is 0. The minimum atomic E-state index is -3.84. The third kappa shape index (κ3) is 2.98. The Bertz CT molecular complexity index is 303. The fraction of sp³-hybridized carbons (Fsp3) is 1.00. The lowest BCUT2D eigenvalue weighted by atomic mass is 10.1. The summed E-state index contributed by atoms with van der Waals surface area (Å²) in [5, 5.41) is 0. The van der Waals surface area contributed by atoms with Gasteiger partial charge in [-0.3, -0.25) is 0 Å². The van der Waals surface area contributed by atoms with E-state index in [0.29, 0.717) is 12.8 Å². The molecule has 0 heterocycles. The molecule has 0 bridgehead atoms. The van der Waals surface area contributed by atoms with Gasteiger partial charge in [-0.2, -0.15) is 0 Å². The summed E-state index contributed by atoms with van der Waals surface area (Å²) < 4.78 is 48.2. The summed E-state index contributed by atoms with van der Waals surface area (Å²) in [7, 11) is -3.84.